The zero-order valence-corrected chi connectivity index (χ0v) is 11.1. The van der Waals surface area contributed by atoms with Crippen LogP contribution in [0.3, 0.4) is 0 Å². The lowest BCUT2D eigenvalue weighted by atomic mass is 10.3. The smallest absolute Gasteiger partial charge is 0.333 e. The van der Waals surface area contributed by atoms with Crippen LogP contribution in [-0.2, 0) is 16.0 Å². The summed E-state index contributed by atoms with van der Waals surface area (Å²) < 4.78 is 12.4. The largest absolute Gasteiger partial charge is 0.376 e. The van der Waals surface area contributed by atoms with E-state index in [4.69, 9.17) is 9.47 Å². The Labute approximate surface area is 110 Å². The highest BCUT2D eigenvalue weighted by atomic mass is 16.6. The molecule has 0 radical (unpaired) electrons. The third-order valence-electron chi connectivity index (χ3n) is 2.96. The van der Waals surface area contributed by atoms with Gasteiger partial charge in [0.15, 0.2) is 0 Å². The van der Waals surface area contributed by atoms with E-state index >= 15 is 0 Å². The molecule has 1 aromatic rings. The minimum absolute atomic E-state index is 0.0265. The minimum Gasteiger partial charge on any atom is -0.376 e. The number of hydrogen-bond donors (Lipinski definition) is 1. The van der Waals surface area contributed by atoms with E-state index in [-0.39, 0.29) is 11.8 Å². The highest BCUT2D eigenvalue weighted by molar-refractivity contribution is 5.59. The van der Waals surface area contributed by atoms with Gasteiger partial charge in [0.2, 0.25) is 5.82 Å². The van der Waals surface area contributed by atoms with Gasteiger partial charge in [-0.3, -0.25) is 10.1 Å². The van der Waals surface area contributed by atoms with E-state index in [2.05, 4.69) is 10.4 Å². The fourth-order valence-corrected chi connectivity index (χ4v) is 2.06. The van der Waals surface area contributed by atoms with Crippen LogP contribution in [0, 0.1) is 17.0 Å². The van der Waals surface area contributed by atoms with E-state index in [1.54, 1.807) is 11.6 Å². The number of rotatable bonds is 5. The molecule has 1 N–H and O–H groups in total. The summed E-state index contributed by atoms with van der Waals surface area (Å²) >= 11 is 0. The van der Waals surface area contributed by atoms with Gasteiger partial charge in [0, 0.05) is 13.1 Å². The summed E-state index contributed by atoms with van der Waals surface area (Å²) in [5.41, 5.74) is 0.439. The fourth-order valence-electron chi connectivity index (χ4n) is 2.06. The Morgan fingerprint density at radius 2 is 2.37 bits per heavy atom. The third kappa shape index (κ3) is 3.02. The number of ether oxygens (including phenoxy) is 2. The number of nitrogens with one attached hydrogen (secondary N) is 1. The van der Waals surface area contributed by atoms with Gasteiger partial charge in [-0.2, -0.15) is 5.10 Å². The van der Waals surface area contributed by atoms with Crippen LogP contribution >= 0.6 is 0 Å². The van der Waals surface area contributed by atoms with Crippen LogP contribution in [0.5, 0.6) is 0 Å². The van der Waals surface area contributed by atoms with Crippen molar-refractivity contribution in [3.63, 3.8) is 0 Å². The average molecular weight is 270 g/mol. The molecule has 8 nitrogen and oxygen atoms in total. The molecule has 1 aromatic heterocycles. The van der Waals surface area contributed by atoms with Gasteiger partial charge >= 0.3 is 5.69 Å². The van der Waals surface area contributed by atoms with Crippen LogP contribution in [0.2, 0.25) is 0 Å². The van der Waals surface area contributed by atoms with Crippen molar-refractivity contribution in [3.05, 3.63) is 15.8 Å². The van der Waals surface area contributed by atoms with Gasteiger partial charge in [0.25, 0.3) is 0 Å². The summed E-state index contributed by atoms with van der Waals surface area (Å²) in [7, 11) is 0. The second kappa shape index (κ2) is 5.98. The van der Waals surface area contributed by atoms with E-state index in [9.17, 15) is 10.1 Å². The molecular weight excluding hydrogens is 252 g/mol. The van der Waals surface area contributed by atoms with Gasteiger partial charge in [-0.1, -0.05) is 0 Å². The summed E-state index contributed by atoms with van der Waals surface area (Å²) in [6.07, 6.45) is -0.0890. The molecule has 1 atom stereocenters. The van der Waals surface area contributed by atoms with Crippen molar-refractivity contribution < 1.29 is 14.4 Å². The zero-order chi connectivity index (χ0) is 13.8. The van der Waals surface area contributed by atoms with Crippen molar-refractivity contribution in [2.45, 2.75) is 26.5 Å². The summed E-state index contributed by atoms with van der Waals surface area (Å²) in [6.45, 7) is 6.21. The Balaban J connectivity index is 2.11. The number of nitro groups is 1. The molecule has 1 saturated heterocycles. The Morgan fingerprint density at radius 1 is 1.58 bits per heavy atom. The Morgan fingerprint density at radius 3 is 2.95 bits per heavy atom. The molecule has 106 valence electrons. The van der Waals surface area contributed by atoms with Gasteiger partial charge in [-0.15, -0.1) is 0 Å². The molecule has 0 spiro atoms. The summed E-state index contributed by atoms with van der Waals surface area (Å²) in [5.74, 6) is 0.430. The molecule has 1 aliphatic heterocycles. The van der Waals surface area contributed by atoms with Crippen molar-refractivity contribution in [2.24, 2.45) is 0 Å². The van der Waals surface area contributed by atoms with Crippen LogP contribution in [0.15, 0.2) is 0 Å². The van der Waals surface area contributed by atoms with E-state index in [0.29, 0.717) is 44.4 Å². The maximum Gasteiger partial charge on any atom is 0.333 e. The fraction of sp³-hybridized carbons (Fsp3) is 0.727. The Kier molecular flexibility index (Phi) is 4.33. The third-order valence-corrected chi connectivity index (χ3v) is 2.96. The minimum atomic E-state index is -0.408. The molecule has 8 heteroatoms. The summed E-state index contributed by atoms with van der Waals surface area (Å²) in [5, 5.41) is 18.3. The molecule has 1 aliphatic rings. The number of hydrogen-bond acceptors (Lipinski definition) is 6. The maximum absolute atomic E-state index is 11.1. The molecule has 2 heterocycles. The second-order valence-electron chi connectivity index (χ2n) is 4.30. The van der Waals surface area contributed by atoms with Crippen LogP contribution < -0.4 is 5.32 Å². The van der Waals surface area contributed by atoms with Gasteiger partial charge < -0.3 is 14.8 Å². The number of aromatic nitrogens is 2. The van der Waals surface area contributed by atoms with Crippen molar-refractivity contribution in [2.75, 3.05) is 31.7 Å². The second-order valence-corrected chi connectivity index (χ2v) is 4.30. The molecule has 0 aliphatic carbocycles. The van der Waals surface area contributed by atoms with E-state index < -0.39 is 4.92 Å². The normalized spacial score (nSPS) is 19.4. The van der Waals surface area contributed by atoms with Gasteiger partial charge in [0.05, 0.1) is 30.8 Å². The SMILES string of the molecule is CCn1nc(C)c([N+](=O)[O-])c1NCC1COCCO1. The van der Waals surface area contributed by atoms with Crippen LogP contribution in [0.25, 0.3) is 0 Å². The number of anilines is 1. The van der Waals surface area contributed by atoms with Crippen molar-refractivity contribution >= 4 is 11.5 Å². The summed E-state index contributed by atoms with van der Waals surface area (Å²) in [4.78, 5) is 10.7. The summed E-state index contributed by atoms with van der Waals surface area (Å²) in [6, 6.07) is 0. The molecule has 0 amide bonds. The molecule has 0 saturated carbocycles. The molecule has 2 rings (SSSR count). The molecule has 19 heavy (non-hydrogen) atoms. The average Bonchev–Trinajstić information content (AvgIpc) is 2.73. The van der Waals surface area contributed by atoms with E-state index in [1.165, 1.54) is 0 Å². The van der Waals surface area contributed by atoms with Crippen LogP contribution in [-0.4, -0.2) is 47.2 Å². The van der Waals surface area contributed by atoms with Crippen molar-refractivity contribution in [1.82, 2.24) is 9.78 Å². The lowest BCUT2D eigenvalue weighted by Crippen LogP contribution is -2.34. The highest BCUT2D eigenvalue weighted by Gasteiger charge is 2.25. The van der Waals surface area contributed by atoms with Crippen LogP contribution in [0.1, 0.15) is 12.6 Å². The lowest BCUT2D eigenvalue weighted by molar-refractivity contribution is -0.384. The predicted molar refractivity (Wildman–Crippen MR) is 68.3 cm³/mol. The molecule has 0 bridgehead atoms. The first-order chi connectivity index (χ1) is 9.13. The van der Waals surface area contributed by atoms with Gasteiger partial charge in [-0.25, -0.2) is 4.68 Å². The van der Waals surface area contributed by atoms with Gasteiger partial charge in [-0.05, 0) is 13.8 Å². The molecule has 0 aromatic carbocycles. The van der Waals surface area contributed by atoms with Crippen LogP contribution in [0.4, 0.5) is 11.5 Å². The molecular formula is C11H18N4O4. The molecule has 1 fully saturated rings. The van der Waals surface area contributed by atoms with Crippen molar-refractivity contribution in [3.8, 4) is 0 Å². The van der Waals surface area contributed by atoms with Crippen molar-refractivity contribution in [1.29, 1.82) is 0 Å². The topological polar surface area (TPSA) is 91.5 Å². The lowest BCUT2D eigenvalue weighted by Gasteiger charge is -2.23. The first-order valence-electron chi connectivity index (χ1n) is 6.28. The predicted octanol–water partition coefficient (Wildman–Crippen LogP) is 0.947. The quantitative estimate of drug-likeness (QED) is 0.632. The molecule has 1 unspecified atom stereocenters. The zero-order valence-electron chi connectivity index (χ0n) is 11.1. The van der Waals surface area contributed by atoms with Gasteiger partial charge in [0.1, 0.15) is 5.69 Å². The Bertz CT molecular complexity index is 454. The first kappa shape index (κ1) is 13.8. The standard InChI is InChI=1S/C11H18N4O4/c1-3-14-11(10(15(16)17)8(2)13-14)12-6-9-7-18-4-5-19-9/h9,12H,3-7H2,1-2H3. The highest BCUT2D eigenvalue weighted by Crippen LogP contribution is 2.28. The number of aryl methyl sites for hydroxylation is 2. The maximum atomic E-state index is 11.1. The van der Waals surface area contributed by atoms with E-state index in [0.717, 1.165) is 0 Å². The first-order valence-corrected chi connectivity index (χ1v) is 6.28. The number of nitrogens with zero attached hydrogens (tertiary/aromatic N) is 3. The Hall–Kier alpha value is -1.67. The monoisotopic (exact) mass is 270 g/mol. The van der Waals surface area contributed by atoms with E-state index in [1.807, 2.05) is 6.92 Å².